The molecule has 64 valence electrons. The van der Waals surface area contributed by atoms with Crippen molar-refractivity contribution in [1.29, 1.82) is 0 Å². The first-order valence-electron chi connectivity index (χ1n) is 5.36. The summed E-state index contributed by atoms with van der Waals surface area (Å²) < 4.78 is 0. The van der Waals surface area contributed by atoms with Crippen molar-refractivity contribution in [2.75, 3.05) is 0 Å². The van der Waals surface area contributed by atoms with Crippen LogP contribution in [0.1, 0.15) is 46.0 Å². The average Bonchev–Trinajstić information content (AvgIpc) is 2.60. The van der Waals surface area contributed by atoms with Crippen molar-refractivity contribution in [3.05, 3.63) is 0 Å². The van der Waals surface area contributed by atoms with Crippen LogP contribution >= 0.6 is 0 Å². The molecule has 2 fully saturated rings. The number of hydrogen-bond donors (Lipinski definition) is 0. The van der Waals surface area contributed by atoms with E-state index in [9.17, 15) is 0 Å². The molecule has 2 aliphatic rings. The van der Waals surface area contributed by atoms with Crippen LogP contribution in [0.5, 0.6) is 0 Å². The fourth-order valence-electron chi connectivity index (χ4n) is 3.80. The Bertz CT molecular complexity index is 123. The Hall–Kier alpha value is 0. The average molecular weight is 152 g/mol. The van der Waals surface area contributed by atoms with Gasteiger partial charge in [-0.2, -0.15) is 0 Å². The summed E-state index contributed by atoms with van der Waals surface area (Å²) in [7, 11) is 0. The summed E-state index contributed by atoms with van der Waals surface area (Å²) >= 11 is 0. The van der Waals surface area contributed by atoms with Crippen LogP contribution in [0.3, 0.4) is 0 Å². The van der Waals surface area contributed by atoms with Crippen LogP contribution in [0.4, 0.5) is 0 Å². The van der Waals surface area contributed by atoms with Crippen LogP contribution < -0.4 is 0 Å². The van der Waals surface area contributed by atoms with E-state index in [1.165, 1.54) is 12.8 Å². The zero-order valence-corrected chi connectivity index (χ0v) is 7.84. The Balaban J connectivity index is 2.08. The standard InChI is InChI=1S/C11H20/c1-3-10-8-5-6-9(7-8)11(10)4-2/h8-11H,3-7H2,1-2H3/t8?,9?,10-,11-/m1/s1. The van der Waals surface area contributed by atoms with Crippen molar-refractivity contribution in [3.8, 4) is 0 Å². The molecule has 0 amide bonds. The van der Waals surface area contributed by atoms with E-state index in [4.69, 9.17) is 0 Å². The molecule has 2 bridgehead atoms. The molecule has 11 heavy (non-hydrogen) atoms. The minimum atomic E-state index is 1.11. The predicted octanol–water partition coefficient (Wildman–Crippen LogP) is 3.47. The van der Waals surface area contributed by atoms with Crippen molar-refractivity contribution in [1.82, 2.24) is 0 Å². The molecule has 0 saturated heterocycles. The number of fused-ring (bicyclic) bond motifs is 2. The van der Waals surface area contributed by atoms with Crippen molar-refractivity contribution in [3.63, 3.8) is 0 Å². The summed E-state index contributed by atoms with van der Waals surface area (Å²) in [5.41, 5.74) is 0. The molecule has 2 aliphatic carbocycles. The molecule has 0 radical (unpaired) electrons. The van der Waals surface area contributed by atoms with Gasteiger partial charge < -0.3 is 0 Å². The Morgan fingerprint density at radius 1 is 0.909 bits per heavy atom. The van der Waals surface area contributed by atoms with E-state index >= 15 is 0 Å². The van der Waals surface area contributed by atoms with Gasteiger partial charge in [0.05, 0.1) is 0 Å². The fourth-order valence-corrected chi connectivity index (χ4v) is 3.80. The minimum absolute atomic E-state index is 1.11. The molecule has 0 N–H and O–H groups in total. The maximum absolute atomic E-state index is 2.38. The van der Waals surface area contributed by atoms with Crippen molar-refractivity contribution in [2.24, 2.45) is 23.7 Å². The molecule has 0 aliphatic heterocycles. The van der Waals surface area contributed by atoms with Gasteiger partial charge in [-0.25, -0.2) is 0 Å². The fraction of sp³-hybridized carbons (Fsp3) is 1.00. The maximum Gasteiger partial charge on any atom is -0.0357 e. The molecule has 0 spiro atoms. The Kier molecular flexibility index (Phi) is 1.95. The van der Waals surface area contributed by atoms with Gasteiger partial charge in [-0.1, -0.05) is 26.7 Å². The summed E-state index contributed by atoms with van der Waals surface area (Å²) in [4.78, 5) is 0. The first kappa shape index (κ1) is 7.64. The smallest absolute Gasteiger partial charge is 0.0357 e. The monoisotopic (exact) mass is 152 g/mol. The Morgan fingerprint density at radius 3 is 1.73 bits per heavy atom. The van der Waals surface area contributed by atoms with E-state index in [0.29, 0.717) is 0 Å². The first-order valence-corrected chi connectivity index (χ1v) is 5.36. The minimum Gasteiger partial charge on any atom is -0.0651 e. The van der Waals surface area contributed by atoms with Crippen LogP contribution in [0.25, 0.3) is 0 Å². The van der Waals surface area contributed by atoms with Crippen molar-refractivity contribution in [2.45, 2.75) is 46.0 Å². The molecular formula is C11H20. The molecule has 0 aromatic heterocycles. The molecule has 4 atom stereocenters. The highest BCUT2D eigenvalue weighted by atomic mass is 14.5. The first-order chi connectivity index (χ1) is 5.36. The molecule has 0 nitrogen and oxygen atoms in total. The van der Waals surface area contributed by atoms with Crippen molar-refractivity contribution < 1.29 is 0 Å². The van der Waals surface area contributed by atoms with Crippen LogP contribution in [-0.2, 0) is 0 Å². The SMILES string of the molecule is CC[C@@H]1C2CCC(C2)[C@H]1CC. The Labute approximate surface area is 70.4 Å². The van der Waals surface area contributed by atoms with Gasteiger partial charge >= 0.3 is 0 Å². The highest BCUT2D eigenvalue weighted by molar-refractivity contribution is 4.94. The van der Waals surface area contributed by atoms with Gasteiger partial charge in [0.25, 0.3) is 0 Å². The lowest BCUT2D eigenvalue weighted by Gasteiger charge is -2.29. The summed E-state index contributed by atoms with van der Waals surface area (Å²) in [5.74, 6) is 4.49. The summed E-state index contributed by atoms with van der Waals surface area (Å²) in [6.07, 6.45) is 7.58. The quantitative estimate of drug-likeness (QED) is 0.568. The van der Waals surface area contributed by atoms with Gasteiger partial charge in [-0.05, 0) is 42.9 Å². The van der Waals surface area contributed by atoms with Gasteiger partial charge in [0, 0.05) is 0 Å². The number of hydrogen-bond acceptors (Lipinski definition) is 0. The predicted molar refractivity (Wildman–Crippen MR) is 48.4 cm³/mol. The van der Waals surface area contributed by atoms with Gasteiger partial charge in [0.2, 0.25) is 0 Å². The summed E-state index contributed by atoms with van der Waals surface area (Å²) in [5, 5.41) is 0. The van der Waals surface area contributed by atoms with Crippen LogP contribution in [0.2, 0.25) is 0 Å². The lowest BCUT2D eigenvalue weighted by Crippen LogP contribution is -2.20. The third kappa shape index (κ3) is 1.02. The van der Waals surface area contributed by atoms with Crippen LogP contribution in [0.15, 0.2) is 0 Å². The molecule has 2 unspecified atom stereocenters. The van der Waals surface area contributed by atoms with Gasteiger partial charge in [-0.15, -0.1) is 0 Å². The second-order valence-corrected chi connectivity index (χ2v) is 4.48. The second kappa shape index (κ2) is 2.80. The van der Waals surface area contributed by atoms with Crippen molar-refractivity contribution >= 4 is 0 Å². The topological polar surface area (TPSA) is 0 Å². The summed E-state index contributed by atoms with van der Waals surface area (Å²) in [6, 6.07) is 0. The van der Waals surface area contributed by atoms with E-state index in [0.717, 1.165) is 23.7 Å². The zero-order chi connectivity index (χ0) is 7.84. The number of rotatable bonds is 2. The molecule has 2 saturated carbocycles. The normalized spacial score (nSPS) is 48.5. The van der Waals surface area contributed by atoms with E-state index in [2.05, 4.69) is 13.8 Å². The van der Waals surface area contributed by atoms with Gasteiger partial charge in [0.1, 0.15) is 0 Å². The lowest BCUT2D eigenvalue weighted by atomic mass is 9.77. The van der Waals surface area contributed by atoms with E-state index in [-0.39, 0.29) is 0 Å². The lowest BCUT2D eigenvalue weighted by molar-refractivity contribution is 0.209. The zero-order valence-electron chi connectivity index (χ0n) is 7.84. The molecule has 0 aromatic rings. The third-order valence-corrected chi connectivity index (χ3v) is 4.22. The Morgan fingerprint density at radius 2 is 1.36 bits per heavy atom. The van der Waals surface area contributed by atoms with E-state index < -0.39 is 0 Å². The van der Waals surface area contributed by atoms with E-state index in [1.54, 1.807) is 19.3 Å². The van der Waals surface area contributed by atoms with Gasteiger partial charge in [0.15, 0.2) is 0 Å². The highest BCUT2D eigenvalue weighted by Gasteiger charge is 2.45. The highest BCUT2D eigenvalue weighted by Crippen LogP contribution is 2.54. The second-order valence-electron chi connectivity index (χ2n) is 4.48. The molecular weight excluding hydrogens is 132 g/mol. The van der Waals surface area contributed by atoms with Gasteiger partial charge in [-0.3, -0.25) is 0 Å². The van der Waals surface area contributed by atoms with Crippen LogP contribution in [0, 0.1) is 23.7 Å². The van der Waals surface area contributed by atoms with Crippen LogP contribution in [-0.4, -0.2) is 0 Å². The molecule has 0 heteroatoms. The maximum atomic E-state index is 2.38. The van der Waals surface area contributed by atoms with E-state index in [1.807, 2.05) is 0 Å². The summed E-state index contributed by atoms with van der Waals surface area (Å²) in [6.45, 7) is 4.77. The third-order valence-electron chi connectivity index (χ3n) is 4.22. The largest absolute Gasteiger partial charge is 0.0651 e. The molecule has 0 heterocycles. The molecule has 0 aromatic carbocycles. The molecule has 2 rings (SSSR count).